The van der Waals surface area contributed by atoms with Gasteiger partial charge in [0.1, 0.15) is 6.11 Å². The Labute approximate surface area is 51.2 Å². The van der Waals surface area contributed by atoms with Crippen molar-refractivity contribution in [3.8, 4) is 10.0 Å². The van der Waals surface area contributed by atoms with Crippen LogP contribution in [0.5, 0.6) is 0 Å². The molecule has 0 fully saturated rings. The van der Waals surface area contributed by atoms with Gasteiger partial charge in [-0.25, -0.2) is 0 Å². The zero-order valence-corrected chi connectivity index (χ0v) is 5.65. The van der Waals surface area contributed by atoms with Crippen molar-refractivity contribution in [2.45, 2.75) is 6.92 Å². The van der Waals surface area contributed by atoms with E-state index in [4.69, 9.17) is 0 Å². The lowest BCUT2D eigenvalue weighted by molar-refractivity contribution is 0.299. The lowest BCUT2D eigenvalue weighted by atomic mass is 10.9. The van der Waals surface area contributed by atoms with Gasteiger partial charge in [0.2, 0.25) is 0 Å². The molecule has 0 amide bonds. The molecule has 1 nitrogen and oxygen atoms in total. The molecule has 34 valence electrons. The minimum Gasteiger partial charge on any atom is -0.446 e. The van der Waals surface area contributed by atoms with Crippen LogP contribution in [0.2, 0.25) is 0 Å². The third-order valence-electron chi connectivity index (χ3n) is 0.255. The maximum atomic E-state index is 4.61. The summed E-state index contributed by atoms with van der Waals surface area (Å²) in [6, 6.07) is 0. The Hall–Kier alpha value is 0.0900. The summed E-state index contributed by atoms with van der Waals surface area (Å²) in [4.78, 5) is 0. The van der Waals surface area contributed by atoms with Gasteiger partial charge in [-0.2, -0.15) is 0 Å². The summed E-state index contributed by atoms with van der Waals surface area (Å²) in [6.45, 7) is 2.58. The molecule has 0 atom stereocenters. The van der Waals surface area contributed by atoms with Crippen LogP contribution >= 0.6 is 22.6 Å². The molecule has 0 spiro atoms. The Bertz CT molecular complexity index is 69.4. The number of ether oxygens (including phenoxy) is 1. The summed E-state index contributed by atoms with van der Waals surface area (Å²) in [5.74, 6) is 0. The van der Waals surface area contributed by atoms with E-state index in [1.807, 2.05) is 29.5 Å². The first-order valence-electron chi connectivity index (χ1n) is 1.64. The fraction of sp³-hybridized carbons (Fsp3) is 0.500. The monoisotopic (exact) mass is 196 g/mol. The molecular formula is C4H5IO. The number of hydrogen-bond acceptors (Lipinski definition) is 1. The second-order valence-corrected chi connectivity index (χ2v) is 1.17. The van der Waals surface area contributed by atoms with Crippen molar-refractivity contribution in [2.75, 3.05) is 6.61 Å². The van der Waals surface area contributed by atoms with Crippen LogP contribution in [0.15, 0.2) is 0 Å². The lowest BCUT2D eigenvalue weighted by Crippen LogP contribution is -1.74. The van der Waals surface area contributed by atoms with E-state index in [0.29, 0.717) is 6.61 Å². The summed E-state index contributed by atoms with van der Waals surface area (Å²) in [5.41, 5.74) is 0. The molecule has 0 unspecified atom stereocenters. The summed E-state index contributed by atoms with van der Waals surface area (Å²) in [7, 11) is 0. The van der Waals surface area contributed by atoms with Gasteiger partial charge in [0.25, 0.3) is 0 Å². The first-order chi connectivity index (χ1) is 2.91. The van der Waals surface area contributed by atoms with Gasteiger partial charge in [-0.05, 0) is 6.92 Å². The highest BCUT2D eigenvalue weighted by Crippen LogP contribution is 1.71. The summed E-state index contributed by atoms with van der Waals surface area (Å²) in [6.07, 6.45) is 2.43. The Morgan fingerprint density at radius 1 is 1.83 bits per heavy atom. The highest BCUT2D eigenvalue weighted by atomic mass is 127. The molecule has 0 aromatic heterocycles. The van der Waals surface area contributed by atoms with Crippen molar-refractivity contribution in [3.63, 3.8) is 0 Å². The summed E-state index contributed by atoms with van der Waals surface area (Å²) >= 11 is 1.92. The summed E-state index contributed by atoms with van der Waals surface area (Å²) < 4.78 is 7.18. The van der Waals surface area contributed by atoms with E-state index in [9.17, 15) is 0 Å². The minimum atomic E-state index is 0.677. The Morgan fingerprint density at radius 2 is 2.50 bits per heavy atom. The normalized spacial score (nSPS) is 5.67. The maximum Gasteiger partial charge on any atom is 0.121 e. The van der Waals surface area contributed by atoms with Crippen LogP contribution in [0, 0.1) is 10.0 Å². The topological polar surface area (TPSA) is 9.23 Å². The van der Waals surface area contributed by atoms with E-state index in [-0.39, 0.29) is 0 Å². The van der Waals surface area contributed by atoms with E-state index < -0.39 is 0 Å². The number of halogens is 1. The van der Waals surface area contributed by atoms with Crippen molar-refractivity contribution in [2.24, 2.45) is 0 Å². The predicted molar refractivity (Wildman–Crippen MR) is 33.4 cm³/mol. The Balaban J connectivity index is 2.79. The van der Waals surface area contributed by atoms with E-state index >= 15 is 0 Å². The maximum absolute atomic E-state index is 4.61. The first-order valence-corrected chi connectivity index (χ1v) is 2.72. The van der Waals surface area contributed by atoms with Gasteiger partial charge in [0, 0.05) is 26.5 Å². The average Bonchev–Trinajstić information content (AvgIpc) is 1.61. The van der Waals surface area contributed by atoms with Crippen molar-refractivity contribution in [1.29, 1.82) is 0 Å². The highest BCUT2D eigenvalue weighted by molar-refractivity contribution is 14.1. The van der Waals surface area contributed by atoms with E-state index in [0.717, 1.165) is 0 Å². The standard InChI is InChI=1S/C4H5IO/c1-2-6-4-3-5/h2H2,1H3. The second kappa shape index (κ2) is 5.09. The molecule has 0 heterocycles. The molecule has 0 aliphatic heterocycles. The Kier molecular flexibility index (Phi) is 5.17. The number of hydrogen-bond donors (Lipinski definition) is 0. The summed E-state index contributed by atoms with van der Waals surface area (Å²) in [5, 5.41) is 0. The van der Waals surface area contributed by atoms with Gasteiger partial charge in [-0.1, -0.05) is 0 Å². The molecule has 0 N–H and O–H groups in total. The van der Waals surface area contributed by atoms with Crippen molar-refractivity contribution < 1.29 is 4.74 Å². The van der Waals surface area contributed by atoms with Gasteiger partial charge in [0.15, 0.2) is 0 Å². The average molecular weight is 196 g/mol. The van der Waals surface area contributed by atoms with Crippen LogP contribution < -0.4 is 0 Å². The molecular weight excluding hydrogens is 191 g/mol. The third-order valence-corrected chi connectivity index (χ3v) is 0.475. The van der Waals surface area contributed by atoms with Gasteiger partial charge < -0.3 is 4.74 Å². The zero-order valence-electron chi connectivity index (χ0n) is 3.49. The molecule has 0 rings (SSSR count). The van der Waals surface area contributed by atoms with Crippen LogP contribution in [0.25, 0.3) is 0 Å². The lowest BCUT2D eigenvalue weighted by Gasteiger charge is -1.80. The molecule has 0 saturated heterocycles. The molecule has 0 bridgehead atoms. The van der Waals surface area contributed by atoms with Crippen LogP contribution in [-0.4, -0.2) is 6.61 Å². The predicted octanol–water partition coefficient (Wildman–Crippen LogP) is 1.38. The largest absolute Gasteiger partial charge is 0.446 e. The fourth-order valence-electron chi connectivity index (χ4n) is 0.0994. The second-order valence-electron chi connectivity index (χ2n) is 0.630. The minimum absolute atomic E-state index is 0.677. The zero-order chi connectivity index (χ0) is 4.83. The SMILES string of the molecule is CCOC#CI. The van der Waals surface area contributed by atoms with Crippen molar-refractivity contribution >= 4 is 22.6 Å². The first kappa shape index (κ1) is 6.09. The van der Waals surface area contributed by atoms with Gasteiger partial charge in [-0.15, -0.1) is 0 Å². The molecule has 0 aromatic carbocycles. The van der Waals surface area contributed by atoms with E-state index in [1.165, 1.54) is 0 Å². The van der Waals surface area contributed by atoms with Gasteiger partial charge in [0.05, 0.1) is 6.61 Å². The van der Waals surface area contributed by atoms with Crippen molar-refractivity contribution in [3.05, 3.63) is 0 Å². The Morgan fingerprint density at radius 3 is 2.67 bits per heavy atom. The van der Waals surface area contributed by atoms with Crippen molar-refractivity contribution in [1.82, 2.24) is 0 Å². The van der Waals surface area contributed by atoms with E-state index in [2.05, 4.69) is 14.8 Å². The third kappa shape index (κ3) is 4.09. The van der Waals surface area contributed by atoms with Crippen LogP contribution in [0.4, 0.5) is 0 Å². The number of rotatable bonds is 1. The van der Waals surface area contributed by atoms with E-state index in [1.54, 1.807) is 0 Å². The molecule has 0 radical (unpaired) electrons. The van der Waals surface area contributed by atoms with Crippen LogP contribution in [0.3, 0.4) is 0 Å². The smallest absolute Gasteiger partial charge is 0.121 e. The van der Waals surface area contributed by atoms with Crippen LogP contribution in [-0.2, 0) is 4.74 Å². The molecule has 0 aromatic rings. The molecule has 0 aliphatic rings. The van der Waals surface area contributed by atoms with Gasteiger partial charge >= 0.3 is 0 Å². The molecule has 6 heavy (non-hydrogen) atoms. The molecule has 0 aliphatic carbocycles. The van der Waals surface area contributed by atoms with Crippen LogP contribution in [0.1, 0.15) is 6.92 Å². The quantitative estimate of drug-likeness (QED) is 0.454. The van der Waals surface area contributed by atoms with Gasteiger partial charge in [-0.3, -0.25) is 0 Å². The fourth-order valence-corrected chi connectivity index (χ4v) is 0.255. The highest BCUT2D eigenvalue weighted by Gasteiger charge is 1.59. The molecule has 0 saturated carbocycles. The molecule has 2 heteroatoms.